The highest BCUT2D eigenvalue weighted by atomic mass is 19.1. The zero-order valence-electron chi connectivity index (χ0n) is 9.00. The highest BCUT2D eigenvalue weighted by molar-refractivity contribution is 5.84. The number of benzene rings is 2. The smallest absolute Gasteiger partial charge is 0.125 e. The van der Waals surface area contributed by atoms with Crippen LogP contribution in [0.25, 0.3) is 11.1 Å². The zero-order valence-corrected chi connectivity index (χ0v) is 9.00. The minimum absolute atomic E-state index is 0.316. The third-order valence-corrected chi connectivity index (χ3v) is 2.50. The van der Waals surface area contributed by atoms with Crippen LogP contribution in [0.3, 0.4) is 0 Å². The van der Waals surface area contributed by atoms with Crippen LogP contribution in [0, 0.1) is 5.82 Å². The van der Waals surface area contributed by atoms with E-state index in [1.807, 2.05) is 31.3 Å². The summed E-state index contributed by atoms with van der Waals surface area (Å²) >= 11 is 0. The zero-order chi connectivity index (χ0) is 11.5. The van der Waals surface area contributed by atoms with E-state index in [0.29, 0.717) is 5.69 Å². The fourth-order valence-corrected chi connectivity index (χ4v) is 1.71. The van der Waals surface area contributed by atoms with Gasteiger partial charge in [-0.2, -0.15) is 0 Å². The Morgan fingerprint density at radius 3 is 2.50 bits per heavy atom. The van der Waals surface area contributed by atoms with Crippen molar-refractivity contribution >= 4 is 11.4 Å². The van der Waals surface area contributed by atoms with Gasteiger partial charge in [0, 0.05) is 29.5 Å². The molecular weight excluding hydrogens is 203 g/mol. The van der Waals surface area contributed by atoms with Crippen molar-refractivity contribution in [2.45, 2.75) is 0 Å². The van der Waals surface area contributed by atoms with Crippen LogP contribution in [0.4, 0.5) is 15.8 Å². The van der Waals surface area contributed by atoms with Gasteiger partial charge in [-0.15, -0.1) is 0 Å². The number of anilines is 2. The van der Waals surface area contributed by atoms with Gasteiger partial charge in [-0.05, 0) is 24.3 Å². The van der Waals surface area contributed by atoms with Gasteiger partial charge in [-0.25, -0.2) is 4.39 Å². The minimum Gasteiger partial charge on any atom is -0.398 e. The largest absolute Gasteiger partial charge is 0.398 e. The molecule has 3 heteroatoms. The van der Waals surface area contributed by atoms with Gasteiger partial charge >= 0.3 is 0 Å². The summed E-state index contributed by atoms with van der Waals surface area (Å²) in [5, 5.41) is 3.09. The molecule has 2 aromatic carbocycles. The second-order valence-corrected chi connectivity index (χ2v) is 3.53. The molecule has 0 heterocycles. The van der Waals surface area contributed by atoms with Crippen LogP contribution in [-0.2, 0) is 0 Å². The Morgan fingerprint density at radius 1 is 1.06 bits per heavy atom. The molecule has 82 valence electrons. The molecule has 0 radical (unpaired) electrons. The van der Waals surface area contributed by atoms with E-state index in [0.717, 1.165) is 16.8 Å². The summed E-state index contributed by atoms with van der Waals surface area (Å²) in [6.45, 7) is 0. The quantitative estimate of drug-likeness (QED) is 0.757. The normalized spacial score (nSPS) is 10.1. The van der Waals surface area contributed by atoms with Gasteiger partial charge in [0.25, 0.3) is 0 Å². The number of nitrogens with two attached hydrogens (primary N) is 1. The Balaban J connectivity index is 2.58. The second kappa shape index (κ2) is 4.23. The molecule has 2 rings (SSSR count). The van der Waals surface area contributed by atoms with Crippen LogP contribution in [-0.4, -0.2) is 7.05 Å². The molecule has 0 atom stereocenters. The number of halogens is 1. The number of hydrogen-bond donors (Lipinski definition) is 2. The molecule has 3 N–H and O–H groups in total. The van der Waals surface area contributed by atoms with E-state index in [4.69, 9.17) is 5.73 Å². The van der Waals surface area contributed by atoms with Gasteiger partial charge in [-0.3, -0.25) is 0 Å². The number of nitrogen functional groups attached to an aromatic ring is 1. The lowest BCUT2D eigenvalue weighted by atomic mass is 10.0. The molecule has 2 nitrogen and oxygen atoms in total. The van der Waals surface area contributed by atoms with Crippen molar-refractivity contribution in [2.24, 2.45) is 0 Å². The molecule has 2 aromatic rings. The van der Waals surface area contributed by atoms with Crippen LogP contribution < -0.4 is 11.1 Å². The summed E-state index contributed by atoms with van der Waals surface area (Å²) in [6, 6.07) is 12.2. The standard InChI is InChI=1S/C13H13FN2/c1-16-13-5-3-2-4-11(13)10-7-6-9(14)8-12(10)15/h2-8,16H,15H2,1H3. The topological polar surface area (TPSA) is 38.0 Å². The molecule has 0 aliphatic heterocycles. The molecule has 16 heavy (non-hydrogen) atoms. The first-order chi connectivity index (χ1) is 7.72. The van der Waals surface area contributed by atoms with Gasteiger partial charge in [0.15, 0.2) is 0 Å². The molecule has 0 saturated heterocycles. The average Bonchev–Trinajstić information content (AvgIpc) is 2.29. The predicted octanol–water partition coefficient (Wildman–Crippen LogP) is 3.12. The number of para-hydroxylation sites is 1. The summed E-state index contributed by atoms with van der Waals surface area (Å²) < 4.78 is 13.0. The number of hydrogen-bond acceptors (Lipinski definition) is 2. The van der Waals surface area contributed by atoms with Crippen LogP contribution >= 0.6 is 0 Å². The van der Waals surface area contributed by atoms with E-state index in [-0.39, 0.29) is 5.82 Å². The van der Waals surface area contributed by atoms with Crippen LogP contribution in [0.15, 0.2) is 42.5 Å². The maximum absolute atomic E-state index is 13.0. The molecule has 0 aliphatic rings. The van der Waals surface area contributed by atoms with Crippen molar-refractivity contribution in [2.75, 3.05) is 18.1 Å². The molecule has 0 unspecified atom stereocenters. The van der Waals surface area contributed by atoms with Crippen LogP contribution in [0.1, 0.15) is 0 Å². The lowest BCUT2D eigenvalue weighted by Crippen LogP contribution is -1.95. The summed E-state index contributed by atoms with van der Waals surface area (Å²) in [7, 11) is 1.85. The molecule has 0 saturated carbocycles. The summed E-state index contributed by atoms with van der Waals surface area (Å²) in [5.41, 5.74) is 9.04. The fraction of sp³-hybridized carbons (Fsp3) is 0.0769. The monoisotopic (exact) mass is 216 g/mol. The van der Waals surface area contributed by atoms with Crippen molar-refractivity contribution in [3.8, 4) is 11.1 Å². The maximum atomic E-state index is 13.0. The van der Waals surface area contributed by atoms with Gasteiger partial charge in [0.2, 0.25) is 0 Å². The van der Waals surface area contributed by atoms with Crippen molar-refractivity contribution in [3.63, 3.8) is 0 Å². The Labute approximate surface area is 93.9 Å². The molecular formula is C13H13FN2. The average molecular weight is 216 g/mol. The van der Waals surface area contributed by atoms with Crippen molar-refractivity contribution in [1.82, 2.24) is 0 Å². The van der Waals surface area contributed by atoms with Crippen LogP contribution in [0.5, 0.6) is 0 Å². The van der Waals surface area contributed by atoms with Crippen molar-refractivity contribution in [3.05, 3.63) is 48.3 Å². The Hall–Kier alpha value is -2.03. The Kier molecular flexibility index (Phi) is 2.77. The Bertz CT molecular complexity index is 509. The molecule has 0 fully saturated rings. The van der Waals surface area contributed by atoms with Crippen molar-refractivity contribution in [1.29, 1.82) is 0 Å². The van der Waals surface area contributed by atoms with E-state index in [9.17, 15) is 4.39 Å². The van der Waals surface area contributed by atoms with Gasteiger partial charge in [0.05, 0.1) is 0 Å². The third-order valence-electron chi connectivity index (χ3n) is 2.50. The number of rotatable bonds is 2. The lowest BCUT2D eigenvalue weighted by Gasteiger charge is -2.11. The highest BCUT2D eigenvalue weighted by Crippen LogP contribution is 2.32. The second-order valence-electron chi connectivity index (χ2n) is 3.53. The first-order valence-corrected chi connectivity index (χ1v) is 5.04. The third kappa shape index (κ3) is 1.84. The Morgan fingerprint density at radius 2 is 1.81 bits per heavy atom. The molecule has 0 aromatic heterocycles. The molecule has 0 amide bonds. The molecule has 0 aliphatic carbocycles. The van der Waals surface area contributed by atoms with E-state index in [1.165, 1.54) is 12.1 Å². The first-order valence-electron chi connectivity index (χ1n) is 5.04. The SMILES string of the molecule is CNc1ccccc1-c1ccc(F)cc1N. The van der Waals surface area contributed by atoms with Gasteiger partial charge < -0.3 is 11.1 Å². The summed E-state index contributed by atoms with van der Waals surface area (Å²) in [6.07, 6.45) is 0. The van der Waals surface area contributed by atoms with E-state index >= 15 is 0 Å². The molecule has 0 bridgehead atoms. The van der Waals surface area contributed by atoms with Crippen LogP contribution in [0.2, 0.25) is 0 Å². The van der Waals surface area contributed by atoms with E-state index in [2.05, 4.69) is 5.32 Å². The van der Waals surface area contributed by atoms with Gasteiger partial charge in [-0.1, -0.05) is 18.2 Å². The summed E-state index contributed by atoms with van der Waals surface area (Å²) in [5.74, 6) is -0.316. The minimum atomic E-state index is -0.316. The van der Waals surface area contributed by atoms with Crippen molar-refractivity contribution < 1.29 is 4.39 Å². The fourth-order valence-electron chi connectivity index (χ4n) is 1.71. The van der Waals surface area contributed by atoms with E-state index in [1.54, 1.807) is 6.07 Å². The first kappa shape index (κ1) is 10.5. The van der Waals surface area contributed by atoms with Gasteiger partial charge in [0.1, 0.15) is 5.82 Å². The lowest BCUT2D eigenvalue weighted by molar-refractivity contribution is 0.628. The number of nitrogens with one attached hydrogen (secondary N) is 1. The van der Waals surface area contributed by atoms with E-state index < -0.39 is 0 Å². The molecule has 0 spiro atoms. The summed E-state index contributed by atoms with van der Waals surface area (Å²) in [4.78, 5) is 0. The highest BCUT2D eigenvalue weighted by Gasteiger charge is 2.07. The maximum Gasteiger partial charge on any atom is 0.125 e. The predicted molar refractivity (Wildman–Crippen MR) is 65.8 cm³/mol.